The Kier molecular flexibility index (Phi) is 21.9. The van der Waals surface area contributed by atoms with Gasteiger partial charge in [-0.2, -0.15) is 0 Å². The predicted octanol–water partition coefficient (Wildman–Crippen LogP) is 5.80. The summed E-state index contributed by atoms with van der Waals surface area (Å²) in [6, 6.07) is 24.8. The van der Waals surface area contributed by atoms with Crippen LogP contribution in [0, 0.1) is 0 Å². The molecule has 0 saturated carbocycles. The SMILES string of the molecule is CCCCCCCCCC[n+]1ccc(Oc2ccc(-c3ccc(Oc4cc[n+](CCCCCCCCCC)cc4)cc3)cc2)cc1.[Br-].[Br-]. The molecule has 262 valence electrons. The van der Waals surface area contributed by atoms with Crippen molar-refractivity contribution in [3.05, 3.63) is 97.6 Å². The standard InChI is InChI=1S/C42H58N2O2.2BrH/c1-3-5-7-9-11-13-15-17-31-43-33-27-41(28-34-43)45-39-23-19-37(20-24-39)38-21-25-40(26-22-38)46-42-29-35-44(36-30-42)32-18-16-14-12-10-8-6-4-2;;/h19-30,33-36H,3-18,31-32H2,1-2H3;2*1H/q+2;;/p-2. The minimum Gasteiger partial charge on any atom is -1.00 e. The maximum Gasteiger partial charge on any atom is 0.172 e. The fraction of sp³-hybridized carbons (Fsp3) is 0.476. The molecule has 0 amide bonds. The van der Waals surface area contributed by atoms with Crippen LogP contribution >= 0.6 is 0 Å². The number of aromatic nitrogens is 2. The first kappa shape index (κ1) is 41.5. The van der Waals surface area contributed by atoms with Gasteiger partial charge in [0.15, 0.2) is 24.8 Å². The molecule has 2 aromatic carbocycles. The van der Waals surface area contributed by atoms with Crippen LogP contribution in [0.5, 0.6) is 23.0 Å². The van der Waals surface area contributed by atoms with Crippen molar-refractivity contribution in [2.24, 2.45) is 0 Å². The lowest BCUT2D eigenvalue weighted by atomic mass is 10.1. The molecule has 4 aromatic rings. The smallest absolute Gasteiger partial charge is 0.172 e. The van der Waals surface area contributed by atoms with Gasteiger partial charge in [0.05, 0.1) is 0 Å². The molecule has 0 saturated heterocycles. The van der Waals surface area contributed by atoms with Crippen LogP contribution in [0.15, 0.2) is 97.6 Å². The third-order valence-corrected chi connectivity index (χ3v) is 8.77. The van der Waals surface area contributed by atoms with E-state index in [1.807, 2.05) is 24.3 Å². The van der Waals surface area contributed by atoms with Gasteiger partial charge in [0, 0.05) is 37.1 Å². The second-order valence-electron chi connectivity index (χ2n) is 12.7. The first-order valence-corrected chi connectivity index (χ1v) is 18.3. The number of ether oxygens (including phenoxy) is 2. The van der Waals surface area contributed by atoms with Gasteiger partial charge < -0.3 is 43.4 Å². The van der Waals surface area contributed by atoms with Gasteiger partial charge in [-0.3, -0.25) is 0 Å². The minimum absolute atomic E-state index is 0. The molecule has 0 spiro atoms. The van der Waals surface area contributed by atoms with Crippen LogP contribution in [0.4, 0.5) is 0 Å². The fourth-order valence-electron chi connectivity index (χ4n) is 5.88. The number of rotatable bonds is 23. The van der Waals surface area contributed by atoms with Gasteiger partial charge in [0.25, 0.3) is 0 Å². The summed E-state index contributed by atoms with van der Waals surface area (Å²) in [4.78, 5) is 0. The molecule has 0 fully saturated rings. The molecular formula is C42H58Br2N2O2. The highest BCUT2D eigenvalue weighted by atomic mass is 79.9. The first-order valence-electron chi connectivity index (χ1n) is 18.3. The monoisotopic (exact) mass is 780 g/mol. The molecule has 6 heteroatoms. The van der Waals surface area contributed by atoms with E-state index < -0.39 is 0 Å². The summed E-state index contributed by atoms with van der Waals surface area (Å²) in [6.45, 7) is 6.69. The first-order chi connectivity index (χ1) is 22.7. The number of nitrogens with zero attached hydrogens (tertiary/aromatic N) is 2. The summed E-state index contributed by atoms with van der Waals surface area (Å²) >= 11 is 0. The zero-order chi connectivity index (χ0) is 32.1. The number of pyridine rings is 2. The van der Waals surface area contributed by atoms with Gasteiger partial charge in [0.2, 0.25) is 0 Å². The van der Waals surface area contributed by atoms with E-state index in [4.69, 9.17) is 9.47 Å². The molecule has 0 radical (unpaired) electrons. The Morgan fingerprint density at radius 2 is 0.625 bits per heavy atom. The van der Waals surface area contributed by atoms with Gasteiger partial charge in [-0.05, 0) is 48.2 Å². The number of hydrogen-bond acceptors (Lipinski definition) is 2. The lowest BCUT2D eigenvalue weighted by molar-refractivity contribution is -0.697. The van der Waals surface area contributed by atoms with E-state index in [1.165, 1.54) is 103 Å². The van der Waals surface area contributed by atoms with Crippen LogP contribution in [0.2, 0.25) is 0 Å². The van der Waals surface area contributed by atoms with Crippen molar-refractivity contribution in [3.8, 4) is 34.1 Å². The van der Waals surface area contributed by atoms with Crippen molar-refractivity contribution in [1.82, 2.24) is 0 Å². The van der Waals surface area contributed by atoms with Gasteiger partial charge in [-0.15, -0.1) is 0 Å². The van der Waals surface area contributed by atoms with E-state index in [0.717, 1.165) is 47.2 Å². The van der Waals surface area contributed by atoms with Crippen LogP contribution < -0.4 is 52.6 Å². The van der Waals surface area contributed by atoms with Crippen LogP contribution in [0.25, 0.3) is 11.1 Å². The van der Waals surface area contributed by atoms with Crippen molar-refractivity contribution in [3.63, 3.8) is 0 Å². The molecule has 2 heterocycles. The summed E-state index contributed by atoms with van der Waals surface area (Å²) in [5.41, 5.74) is 2.30. The fourth-order valence-corrected chi connectivity index (χ4v) is 5.88. The van der Waals surface area contributed by atoms with Crippen LogP contribution in [-0.4, -0.2) is 0 Å². The van der Waals surface area contributed by atoms with E-state index in [-0.39, 0.29) is 34.0 Å². The third-order valence-electron chi connectivity index (χ3n) is 8.77. The topological polar surface area (TPSA) is 26.2 Å². The molecule has 4 nitrogen and oxygen atoms in total. The largest absolute Gasteiger partial charge is 1.00 e. The Hall–Kier alpha value is -2.70. The Morgan fingerprint density at radius 1 is 0.354 bits per heavy atom. The normalized spacial score (nSPS) is 10.6. The quantitative estimate of drug-likeness (QED) is 0.0703. The van der Waals surface area contributed by atoms with E-state index in [0.29, 0.717) is 0 Å². The van der Waals surface area contributed by atoms with Crippen molar-refractivity contribution >= 4 is 0 Å². The lowest BCUT2D eigenvalue weighted by Gasteiger charge is -2.08. The van der Waals surface area contributed by atoms with Crippen LogP contribution in [0.3, 0.4) is 0 Å². The van der Waals surface area contributed by atoms with E-state index >= 15 is 0 Å². The molecule has 4 rings (SSSR count). The maximum atomic E-state index is 6.12. The van der Waals surface area contributed by atoms with E-state index in [1.54, 1.807) is 0 Å². The van der Waals surface area contributed by atoms with E-state index in [2.05, 4.69) is 96.3 Å². The second-order valence-corrected chi connectivity index (χ2v) is 12.7. The molecule has 0 aliphatic heterocycles. The second kappa shape index (κ2) is 25.3. The van der Waals surface area contributed by atoms with Crippen LogP contribution in [-0.2, 0) is 13.1 Å². The molecule has 48 heavy (non-hydrogen) atoms. The predicted molar refractivity (Wildman–Crippen MR) is 191 cm³/mol. The number of halogens is 2. The molecule has 0 aliphatic rings. The highest BCUT2D eigenvalue weighted by Crippen LogP contribution is 2.28. The Bertz CT molecular complexity index is 1240. The summed E-state index contributed by atoms with van der Waals surface area (Å²) in [5, 5.41) is 0. The van der Waals surface area contributed by atoms with Crippen molar-refractivity contribution < 1.29 is 52.6 Å². The lowest BCUT2D eigenvalue weighted by Crippen LogP contribution is -3.00. The summed E-state index contributed by atoms with van der Waals surface area (Å²) in [6.07, 6.45) is 30.0. The van der Waals surface area contributed by atoms with Gasteiger partial charge in [-0.1, -0.05) is 115 Å². The molecule has 2 aromatic heterocycles. The molecule has 0 N–H and O–H groups in total. The Morgan fingerprint density at radius 3 is 0.938 bits per heavy atom. The van der Waals surface area contributed by atoms with Gasteiger partial charge >= 0.3 is 0 Å². The van der Waals surface area contributed by atoms with Crippen molar-refractivity contribution in [1.29, 1.82) is 0 Å². The van der Waals surface area contributed by atoms with Crippen molar-refractivity contribution in [2.75, 3.05) is 0 Å². The van der Waals surface area contributed by atoms with E-state index in [9.17, 15) is 0 Å². The highest BCUT2D eigenvalue weighted by molar-refractivity contribution is 5.65. The van der Waals surface area contributed by atoms with Gasteiger partial charge in [0.1, 0.15) is 36.1 Å². The Labute approximate surface area is 312 Å². The molecule has 0 bridgehead atoms. The number of aryl methyl sites for hydroxylation is 2. The average Bonchev–Trinajstić information content (AvgIpc) is 3.09. The Balaban J connectivity index is 0.00000400. The highest BCUT2D eigenvalue weighted by Gasteiger charge is 2.07. The molecule has 0 atom stereocenters. The third kappa shape index (κ3) is 16.1. The minimum atomic E-state index is 0. The molecule has 0 unspecified atom stereocenters. The summed E-state index contributed by atoms with van der Waals surface area (Å²) < 4.78 is 16.8. The molecular weight excluding hydrogens is 724 g/mol. The molecule has 0 aliphatic carbocycles. The number of benzene rings is 2. The van der Waals surface area contributed by atoms with Crippen LogP contribution in [0.1, 0.15) is 117 Å². The summed E-state index contributed by atoms with van der Waals surface area (Å²) in [7, 11) is 0. The van der Waals surface area contributed by atoms with Crippen molar-refractivity contribution in [2.45, 2.75) is 130 Å². The average molecular weight is 783 g/mol. The number of hydrogen-bond donors (Lipinski definition) is 0. The zero-order valence-corrected chi connectivity index (χ0v) is 32.6. The van der Waals surface area contributed by atoms with Gasteiger partial charge in [-0.25, -0.2) is 9.13 Å². The number of unbranched alkanes of at least 4 members (excludes halogenated alkanes) is 14. The zero-order valence-electron chi connectivity index (χ0n) is 29.4. The maximum absolute atomic E-state index is 6.12. The summed E-state index contributed by atoms with van der Waals surface area (Å²) in [5.74, 6) is 3.41.